The molecule has 0 spiro atoms. The molecular formula is C18H27ClN2O4S. The zero-order chi connectivity index (χ0) is 18.7. The van der Waals surface area contributed by atoms with Gasteiger partial charge in [0.2, 0.25) is 10.0 Å². The highest BCUT2D eigenvalue weighted by molar-refractivity contribution is 7.89. The van der Waals surface area contributed by atoms with Gasteiger partial charge in [-0.3, -0.25) is 0 Å². The van der Waals surface area contributed by atoms with Gasteiger partial charge in [-0.05, 0) is 50.9 Å². The molecule has 1 aromatic carbocycles. The molecular weight excluding hydrogens is 376 g/mol. The number of hydrogen-bond donors (Lipinski definition) is 0. The second-order valence-electron chi connectivity index (χ2n) is 7.04. The number of nitrogens with zero attached hydrogens (tertiary/aromatic N) is 2. The van der Waals surface area contributed by atoms with E-state index in [0.717, 1.165) is 25.9 Å². The Labute approximate surface area is 161 Å². The van der Waals surface area contributed by atoms with Crippen LogP contribution in [0.3, 0.4) is 0 Å². The number of rotatable bonds is 5. The fourth-order valence-corrected chi connectivity index (χ4v) is 5.48. The summed E-state index contributed by atoms with van der Waals surface area (Å²) in [5, 5.41) is 0.380. The Balaban J connectivity index is 1.61. The molecule has 2 aliphatic rings. The first-order valence-electron chi connectivity index (χ1n) is 9.08. The number of piperidine rings is 2. The Hall–Kier alpha value is -0.860. The number of halogens is 1. The molecule has 8 heteroatoms. The minimum absolute atomic E-state index is 0.127. The van der Waals surface area contributed by atoms with Crippen LogP contribution in [0.15, 0.2) is 23.1 Å². The summed E-state index contributed by atoms with van der Waals surface area (Å²) < 4.78 is 38.9. The van der Waals surface area contributed by atoms with Gasteiger partial charge < -0.3 is 14.4 Å². The van der Waals surface area contributed by atoms with E-state index in [9.17, 15) is 8.42 Å². The van der Waals surface area contributed by atoms with Crippen molar-refractivity contribution in [2.75, 3.05) is 40.3 Å². The van der Waals surface area contributed by atoms with Crippen LogP contribution in [0.25, 0.3) is 0 Å². The summed E-state index contributed by atoms with van der Waals surface area (Å²) in [6, 6.07) is 4.67. The summed E-state index contributed by atoms with van der Waals surface area (Å²) in [4.78, 5) is 2.44. The predicted octanol–water partition coefficient (Wildman–Crippen LogP) is 2.61. The van der Waals surface area contributed by atoms with E-state index in [4.69, 9.17) is 21.1 Å². The molecule has 0 unspecified atom stereocenters. The molecule has 1 aromatic rings. The number of hydrogen-bond acceptors (Lipinski definition) is 5. The molecule has 2 saturated heterocycles. The van der Waals surface area contributed by atoms with Gasteiger partial charge in [0.15, 0.2) is 0 Å². The molecule has 0 saturated carbocycles. The normalized spacial score (nSPS) is 21.8. The lowest BCUT2D eigenvalue weighted by molar-refractivity contribution is -0.0564. The van der Waals surface area contributed by atoms with E-state index >= 15 is 0 Å². The first kappa shape index (κ1) is 19.9. The van der Waals surface area contributed by atoms with Gasteiger partial charge in [-0.1, -0.05) is 11.6 Å². The van der Waals surface area contributed by atoms with Gasteiger partial charge in [0, 0.05) is 31.2 Å². The van der Waals surface area contributed by atoms with Gasteiger partial charge in [-0.25, -0.2) is 8.42 Å². The number of methoxy groups -OCH3 is 1. The van der Waals surface area contributed by atoms with Gasteiger partial charge in [-0.2, -0.15) is 4.31 Å². The van der Waals surface area contributed by atoms with E-state index in [2.05, 4.69) is 11.9 Å². The van der Waals surface area contributed by atoms with Gasteiger partial charge in [0.05, 0.1) is 19.3 Å². The van der Waals surface area contributed by atoms with Gasteiger partial charge >= 0.3 is 0 Å². The van der Waals surface area contributed by atoms with Crippen LogP contribution in [0.5, 0.6) is 5.75 Å². The van der Waals surface area contributed by atoms with E-state index < -0.39 is 10.0 Å². The molecule has 0 atom stereocenters. The van der Waals surface area contributed by atoms with Crippen LogP contribution in [0.4, 0.5) is 0 Å². The van der Waals surface area contributed by atoms with Crippen molar-refractivity contribution in [1.82, 2.24) is 9.21 Å². The van der Waals surface area contributed by atoms with Crippen LogP contribution in [0.1, 0.15) is 25.7 Å². The molecule has 0 amide bonds. The summed E-state index contributed by atoms with van der Waals surface area (Å²) in [6.45, 7) is 3.03. The second kappa shape index (κ2) is 8.44. The molecule has 6 nitrogen and oxygen atoms in total. The molecule has 0 N–H and O–H groups in total. The third-order valence-electron chi connectivity index (χ3n) is 5.19. The van der Waals surface area contributed by atoms with Crippen LogP contribution in [0.2, 0.25) is 5.02 Å². The highest BCUT2D eigenvalue weighted by Crippen LogP contribution is 2.31. The number of benzene rings is 1. The van der Waals surface area contributed by atoms with Gasteiger partial charge in [-0.15, -0.1) is 0 Å². The Morgan fingerprint density at radius 1 is 1.04 bits per heavy atom. The third kappa shape index (κ3) is 4.51. The van der Waals surface area contributed by atoms with E-state index in [0.29, 0.717) is 42.8 Å². The van der Waals surface area contributed by atoms with Gasteiger partial charge in [0.1, 0.15) is 10.6 Å². The molecule has 0 aromatic heterocycles. The van der Waals surface area contributed by atoms with Crippen molar-refractivity contribution in [2.45, 2.75) is 42.8 Å². The molecule has 2 fully saturated rings. The fourth-order valence-electron chi connectivity index (χ4n) is 3.59. The largest absolute Gasteiger partial charge is 0.495 e. The molecule has 3 rings (SSSR count). The fraction of sp³-hybridized carbons (Fsp3) is 0.667. The van der Waals surface area contributed by atoms with Crippen molar-refractivity contribution in [2.24, 2.45) is 0 Å². The highest BCUT2D eigenvalue weighted by Gasteiger charge is 2.33. The lowest BCUT2D eigenvalue weighted by Gasteiger charge is -2.36. The minimum Gasteiger partial charge on any atom is -0.495 e. The summed E-state index contributed by atoms with van der Waals surface area (Å²) in [7, 11) is -0.0385. The van der Waals surface area contributed by atoms with Crippen molar-refractivity contribution in [3.63, 3.8) is 0 Å². The first-order valence-corrected chi connectivity index (χ1v) is 10.9. The zero-order valence-electron chi connectivity index (χ0n) is 15.4. The van der Waals surface area contributed by atoms with Crippen molar-refractivity contribution in [1.29, 1.82) is 0 Å². The maximum Gasteiger partial charge on any atom is 0.246 e. The Bertz CT molecular complexity index is 712. The standard InChI is InChI=1S/C18H27ClN2O4S/c1-20-9-5-15(6-10-20)25-16-7-11-21(12-8-16)26(22,23)18-13-14(19)3-4-17(18)24-2/h3-4,13,15-16H,5-12H2,1-2H3. The van der Waals surface area contributed by atoms with Crippen LogP contribution in [0, 0.1) is 0 Å². The Morgan fingerprint density at radius 2 is 1.62 bits per heavy atom. The average molecular weight is 403 g/mol. The van der Waals surface area contributed by atoms with Crippen LogP contribution in [-0.4, -0.2) is 70.2 Å². The molecule has 0 bridgehead atoms. The number of sulfonamides is 1. The molecule has 0 aliphatic carbocycles. The maximum absolute atomic E-state index is 13.0. The second-order valence-corrected chi connectivity index (χ2v) is 9.38. The summed E-state index contributed by atoms with van der Waals surface area (Å²) in [5.41, 5.74) is 0. The lowest BCUT2D eigenvalue weighted by atomic mass is 10.1. The highest BCUT2D eigenvalue weighted by atomic mass is 35.5. The third-order valence-corrected chi connectivity index (χ3v) is 7.35. The van der Waals surface area contributed by atoms with E-state index in [-0.39, 0.29) is 11.0 Å². The Morgan fingerprint density at radius 3 is 2.19 bits per heavy atom. The van der Waals surface area contributed by atoms with Crippen molar-refractivity contribution in [3.8, 4) is 5.75 Å². The van der Waals surface area contributed by atoms with Gasteiger partial charge in [0.25, 0.3) is 0 Å². The summed E-state index contributed by atoms with van der Waals surface area (Å²) >= 11 is 6.00. The molecule has 2 heterocycles. The lowest BCUT2D eigenvalue weighted by Crippen LogP contribution is -2.43. The van der Waals surface area contributed by atoms with Crippen LogP contribution >= 0.6 is 11.6 Å². The monoisotopic (exact) mass is 402 g/mol. The number of likely N-dealkylation sites (tertiary alicyclic amines) is 1. The van der Waals surface area contributed by atoms with E-state index in [1.54, 1.807) is 12.1 Å². The molecule has 0 radical (unpaired) electrons. The van der Waals surface area contributed by atoms with Crippen molar-refractivity contribution < 1.29 is 17.9 Å². The van der Waals surface area contributed by atoms with Crippen LogP contribution in [-0.2, 0) is 14.8 Å². The smallest absolute Gasteiger partial charge is 0.246 e. The van der Waals surface area contributed by atoms with Crippen molar-refractivity contribution >= 4 is 21.6 Å². The first-order chi connectivity index (χ1) is 12.4. The molecule has 146 valence electrons. The maximum atomic E-state index is 13.0. The Kier molecular flexibility index (Phi) is 6.45. The van der Waals surface area contributed by atoms with E-state index in [1.165, 1.54) is 17.5 Å². The molecule has 2 aliphatic heterocycles. The van der Waals surface area contributed by atoms with Crippen LogP contribution < -0.4 is 4.74 Å². The topological polar surface area (TPSA) is 59.1 Å². The van der Waals surface area contributed by atoms with Crippen molar-refractivity contribution in [3.05, 3.63) is 23.2 Å². The summed E-state index contributed by atoms with van der Waals surface area (Å²) in [6.07, 6.45) is 3.97. The average Bonchev–Trinajstić information content (AvgIpc) is 2.64. The quantitative estimate of drug-likeness (QED) is 0.757. The SMILES string of the molecule is COc1ccc(Cl)cc1S(=O)(=O)N1CCC(OC2CCN(C)CC2)CC1. The number of ether oxygens (including phenoxy) is 2. The summed E-state index contributed by atoms with van der Waals surface area (Å²) in [5.74, 6) is 0.319. The van der Waals surface area contributed by atoms with E-state index in [1.807, 2.05) is 0 Å². The predicted molar refractivity (Wildman–Crippen MR) is 101 cm³/mol. The molecule has 26 heavy (non-hydrogen) atoms. The minimum atomic E-state index is -3.63. The zero-order valence-corrected chi connectivity index (χ0v) is 16.9.